The molecular formula is C21H22FN3O3. The van der Waals surface area contributed by atoms with Gasteiger partial charge in [-0.3, -0.25) is 14.8 Å². The molecule has 2 amide bonds. The van der Waals surface area contributed by atoms with Crippen LogP contribution in [0.2, 0.25) is 0 Å². The number of hydrogen-bond donors (Lipinski definition) is 3. The molecule has 0 spiro atoms. The van der Waals surface area contributed by atoms with Crippen LogP contribution in [0, 0.1) is 5.82 Å². The molecule has 1 unspecified atom stereocenters. The maximum atomic E-state index is 13.0. The van der Waals surface area contributed by atoms with E-state index < -0.39 is 5.91 Å². The molecule has 0 radical (unpaired) electrons. The van der Waals surface area contributed by atoms with Crippen molar-refractivity contribution in [1.82, 2.24) is 15.7 Å². The molecular weight excluding hydrogens is 361 g/mol. The molecule has 4 rings (SSSR count). The van der Waals surface area contributed by atoms with Crippen LogP contribution in [-0.2, 0) is 17.8 Å². The molecule has 1 aliphatic carbocycles. The fraction of sp³-hybridized carbons (Fsp3) is 0.333. The Labute approximate surface area is 162 Å². The van der Waals surface area contributed by atoms with Crippen LogP contribution in [0.15, 0.2) is 42.5 Å². The average Bonchev–Trinajstić information content (AvgIpc) is 3.50. The van der Waals surface area contributed by atoms with Crippen LogP contribution in [0.1, 0.15) is 39.4 Å². The first kappa shape index (κ1) is 18.6. The number of benzene rings is 2. The van der Waals surface area contributed by atoms with Gasteiger partial charge < -0.3 is 10.2 Å². The molecule has 2 aliphatic rings. The van der Waals surface area contributed by atoms with Gasteiger partial charge in [0.1, 0.15) is 5.82 Å². The van der Waals surface area contributed by atoms with Gasteiger partial charge in [0, 0.05) is 30.6 Å². The number of amides is 2. The number of rotatable bonds is 5. The van der Waals surface area contributed by atoms with E-state index in [-0.39, 0.29) is 24.3 Å². The molecule has 146 valence electrons. The van der Waals surface area contributed by atoms with E-state index in [1.54, 1.807) is 34.6 Å². The molecule has 2 atom stereocenters. The average molecular weight is 383 g/mol. The molecule has 1 fully saturated rings. The molecule has 2 aromatic rings. The number of hydrogen-bond acceptors (Lipinski definition) is 4. The summed E-state index contributed by atoms with van der Waals surface area (Å²) in [4.78, 5) is 26.0. The Kier molecular flexibility index (Phi) is 5.11. The van der Waals surface area contributed by atoms with Crippen LogP contribution < -0.4 is 10.8 Å². The monoisotopic (exact) mass is 383 g/mol. The molecule has 0 bridgehead atoms. The van der Waals surface area contributed by atoms with Crippen molar-refractivity contribution < 1.29 is 19.2 Å². The predicted molar refractivity (Wildman–Crippen MR) is 100 cm³/mol. The molecule has 3 N–H and O–H groups in total. The van der Waals surface area contributed by atoms with Gasteiger partial charge in [-0.2, -0.15) is 0 Å². The highest BCUT2D eigenvalue weighted by atomic mass is 19.1. The summed E-state index contributed by atoms with van der Waals surface area (Å²) in [6.45, 7) is 1.36. The van der Waals surface area contributed by atoms with Crippen LogP contribution in [0.3, 0.4) is 0 Å². The Hall–Kier alpha value is -2.77. The fourth-order valence-corrected chi connectivity index (χ4v) is 3.80. The van der Waals surface area contributed by atoms with Crippen LogP contribution in [0.5, 0.6) is 0 Å². The van der Waals surface area contributed by atoms with Crippen molar-refractivity contribution in [2.75, 3.05) is 13.1 Å². The third-order valence-electron chi connectivity index (χ3n) is 5.54. The molecule has 1 saturated carbocycles. The molecule has 1 aliphatic heterocycles. The lowest BCUT2D eigenvalue weighted by Gasteiger charge is -2.29. The van der Waals surface area contributed by atoms with Gasteiger partial charge in [0.15, 0.2) is 0 Å². The number of nitrogens with zero attached hydrogens (tertiary/aromatic N) is 1. The molecule has 2 aromatic carbocycles. The van der Waals surface area contributed by atoms with Gasteiger partial charge in [-0.05, 0) is 53.8 Å². The predicted octanol–water partition coefficient (Wildman–Crippen LogP) is 1.98. The number of nitrogens with one attached hydrogen (secondary N) is 2. The Morgan fingerprint density at radius 1 is 1.14 bits per heavy atom. The van der Waals surface area contributed by atoms with Gasteiger partial charge in [0.25, 0.3) is 5.91 Å². The number of fused-ring (bicyclic) bond motifs is 1. The van der Waals surface area contributed by atoms with E-state index in [1.165, 1.54) is 12.1 Å². The Bertz CT molecular complexity index is 900. The van der Waals surface area contributed by atoms with Crippen molar-refractivity contribution in [2.45, 2.75) is 31.3 Å². The minimum absolute atomic E-state index is 0.0208. The summed E-state index contributed by atoms with van der Waals surface area (Å²) in [6.07, 6.45) is 1.69. The first-order chi connectivity index (χ1) is 13.5. The maximum Gasteiger partial charge on any atom is 0.274 e. The zero-order chi connectivity index (χ0) is 19.7. The van der Waals surface area contributed by atoms with E-state index >= 15 is 0 Å². The lowest BCUT2D eigenvalue weighted by Crippen LogP contribution is -2.41. The van der Waals surface area contributed by atoms with E-state index in [1.807, 2.05) is 6.07 Å². The normalized spacial score (nSPS) is 20.4. The minimum Gasteiger partial charge on any atom is -0.337 e. The third-order valence-corrected chi connectivity index (χ3v) is 5.54. The van der Waals surface area contributed by atoms with Crippen molar-refractivity contribution in [3.8, 4) is 0 Å². The summed E-state index contributed by atoms with van der Waals surface area (Å²) in [7, 11) is 0. The minimum atomic E-state index is -0.562. The van der Waals surface area contributed by atoms with E-state index in [0.717, 1.165) is 29.5 Å². The lowest BCUT2D eigenvalue weighted by molar-refractivity contribution is -0.131. The lowest BCUT2D eigenvalue weighted by atomic mass is 9.97. The second-order valence-electron chi connectivity index (χ2n) is 7.37. The van der Waals surface area contributed by atoms with Crippen LogP contribution in [-0.4, -0.2) is 41.1 Å². The van der Waals surface area contributed by atoms with Gasteiger partial charge in [-0.1, -0.05) is 18.2 Å². The SMILES string of the molecule is O=C(NO)c1ccc2c(c1)CN(C(=O)CNC1C[C@H]1c1ccc(F)cc1)CC2. The van der Waals surface area contributed by atoms with Crippen molar-refractivity contribution in [3.63, 3.8) is 0 Å². The standard InChI is InChI=1S/C21H22FN3O3/c22-17-5-3-14(4-6-17)18-10-19(18)23-11-20(26)25-8-7-13-1-2-15(21(27)24-28)9-16(13)12-25/h1-6,9,18-19,23,28H,7-8,10-12H2,(H,24,27)/t18-,19?/m0/s1. The molecule has 6 nitrogen and oxygen atoms in total. The van der Waals surface area contributed by atoms with Crippen LogP contribution in [0.4, 0.5) is 4.39 Å². The van der Waals surface area contributed by atoms with Crippen molar-refractivity contribution in [1.29, 1.82) is 0 Å². The van der Waals surface area contributed by atoms with Crippen LogP contribution >= 0.6 is 0 Å². The quantitative estimate of drug-likeness (QED) is 0.545. The summed E-state index contributed by atoms with van der Waals surface area (Å²) in [5.74, 6) is -0.454. The summed E-state index contributed by atoms with van der Waals surface area (Å²) in [6, 6.07) is 12.0. The Morgan fingerprint density at radius 3 is 2.68 bits per heavy atom. The molecule has 7 heteroatoms. The van der Waals surface area contributed by atoms with Crippen molar-refractivity contribution >= 4 is 11.8 Å². The summed E-state index contributed by atoms with van der Waals surface area (Å²) >= 11 is 0. The second-order valence-corrected chi connectivity index (χ2v) is 7.37. The largest absolute Gasteiger partial charge is 0.337 e. The zero-order valence-corrected chi connectivity index (χ0v) is 15.3. The topological polar surface area (TPSA) is 81.7 Å². The number of hydroxylamine groups is 1. The highest BCUT2D eigenvalue weighted by Gasteiger charge is 2.38. The van der Waals surface area contributed by atoms with E-state index in [4.69, 9.17) is 5.21 Å². The molecule has 28 heavy (non-hydrogen) atoms. The van der Waals surface area contributed by atoms with Crippen molar-refractivity contribution in [3.05, 3.63) is 70.5 Å². The van der Waals surface area contributed by atoms with Gasteiger partial charge >= 0.3 is 0 Å². The summed E-state index contributed by atoms with van der Waals surface area (Å²) in [5, 5.41) is 12.1. The molecule has 0 saturated heterocycles. The third kappa shape index (κ3) is 3.90. The first-order valence-electron chi connectivity index (χ1n) is 9.38. The smallest absolute Gasteiger partial charge is 0.274 e. The van der Waals surface area contributed by atoms with Gasteiger partial charge in [-0.15, -0.1) is 0 Å². The van der Waals surface area contributed by atoms with E-state index in [2.05, 4.69) is 5.32 Å². The maximum absolute atomic E-state index is 13.0. The molecule has 0 aromatic heterocycles. The van der Waals surface area contributed by atoms with Gasteiger partial charge in [0.2, 0.25) is 5.91 Å². The highest BCUT2D eigenvalue weighted by Crippen LogP contribution is 2.40. The summed E-state index contributed by atoms with van der Waals surface area (Å²) in [5.41, 5.74) is 5.14. The Morgan fingerprint density at radius 2 is 1.93 bits per heavy atom. The second kappa shape index (κ2) is 7.69. The highest BCUT2D eigenvalue weighted by molar-refractivity contribution is 5.93. The van der Waals surface area contributed by atoms with Crippen molar-refractivity contribution in [2.24, 2.45) is 0 Å². The number of carbonyl (C=O) groups excluding carboxylic acids is 2. The van der Waals surface area contributed by atoms with E-state index in [9.17, 15) is 14.0 Å². The zero-order valence-electron chi connectivity index (χ0n) is 15.3. The first-order valence-corrected chi connectivity index (χ1v) is 9.38. The Balaban J connectivity index is 1.32. The fourth-order valence-electron chi connectivity index (χ4n) is 3.80. The number of halogens is 1. The van der Waals surface area contributed by atoms with Gasteiger partial charge in [0.05, 0.1) is 6.54 Å². The van der Waals surface area contributed by atoms with E-state index in [0.29, 0.717) is 24.6 Å². The summed E-state index contributed by atoms with van der Waals surface area (Å²) < 4.78 is 13.0. The number of carbonyl (C=O) groups is 2. The van der Waals surface area contributed by atoms with Crippen LogP contribution in [0.25, 0.3) is 0 Å². The van der Waals surface area contributed by atoms with Gasteiger partial charge in [-0.25, -0.2) is 9.87 Å². The molecule has 1 heterocycles.